The molecule has 0 fully saturated rings. The third-order valence-electron chi connectivity index (χ3n) is 3.52. The number of hydrogen-bond acceptors (Lipinski definition) is 6. The number of unbranched alkanes of at least 4 members (excludes halogenated alkanes) is 4. The van der Waals surface area contributed by atoms with Crippen LogP contribution in [0, 0.1) is 0 Å². The largest absolute Gasteiger partial charge is 0.394 e. The highest BCUT2D eigenvalue weighted by molar-refractivity contribution is 4.80. The van der Waals surface area contributed by atoms with Crippen LogP contribution in [0.5, 0.6) is 0 Å². The summed E-state index contributed by atoms with van der Waals surface area (Å²) in [5.74, 6) is 0. The minimum absolute atomic E-state index is 0.0466. The second-order valence-corrected chi connectivity index (χ2v) is 5.89. The summed E-state index contributed by atoms with van der Waals surface area (Å²) < 4.78 is 26.8. The van der Waals surface area contributed by atoms with Gasteiger partial charge in [0.05, 0.1) is 66.1 Å². The molecular formula is C20H40O6. The van der Waals surface area contributed by atoms with Gasteiger partial charge in [-0.1, -0.05) is 31.9 Å². The first-order valence-electron chi connectivity index (χ1n) is 10.1. The van der Waals surface area contributed by atoms with Crippen molar-refractivity contribution in [2.24, 2.45) is 0 Å². The molecule has 0 unspecified atom stereocenters. The molecule has 0 rings (SSSR count). The Morgan fingerprint density at radius 1 is 0.538 bits per heavy atom. The second-order valence-electron chi connectivity index (χ2n) is 5.89. The first kappa shape index (κ1) is 25.5. The van der Waals surface area contributed by atoms with Crippen LogP contribution in [0.1, 0.15) is 45.4 Å². The number of aliphatic hydroxyl groups is 1. The Morgan fingerprint density at radius 2 is 0.962 bits per heavy atom. The Bertz CT molecular complexity index is 273. The molecule has 0 aromatic heterocycles. The Morgan fingerprint density at radius 3 is 1.42 bits per heavy atom. The monoisotopic (exact) mass is 376 g/mol. The Kier molecular flexibility index (Phi) is 24.0. The molecule has 0 radical (unpaired) electrons. The van der Waals surface area contributed by atoms with E-state index in [1.807, 2.05) is 0 Å². The van der Waals surface area contributed by atoms with Gasteiger partial charge in [-0.25, -0.2) is 0 Å². The lowest BCUT2D eigenvalue weighted by atomic mass is 10.2. The van der Waals surface area contributed by atoms with Crippen molar-refractivity contribution in [1.29, 1.82) is 0 Å². The first-order chi connectivity index (χ1) is 12.9. The molecular weight excluding hydrogens is 336 g/mol. The average Bonchev–Trinajstić information content (AvgIpc) is 2.66. The predicted octanol–water partition coefficient (Wildman–Crippen LogP) is 2.98. The molecule has 0 aliphatic carbocycles. The van der Waals surface area contributed by atoms with Crippen LogP contribution >= 0.6 is 0 Å². The standard InChI is InChI=1S/C20H40O6/c1-2-3-4-5-6-7-8-9-11-22-13-15-24-17-19-26-20-18-25-16-14-23-12-10-21/h5-6,21H,2-4,7-20H2,1H3/b6-5+. The molecule has 0 heterocycles. The molecule has 26 heavy (non-hydrogen) atoms. The smallest absolute Gasteiger partial charge is 0.0701 e. The summed E-state index contributed by atoms with van der Waals surface area (Å²) in [4.78, 5) is 0. The molecule has 0 saturated carbocycles. The fourth-order valence-corrected chi connectivity index (χ4v) is 2.07. The molecule has 0 aliphatic heterocycles. The molecule has 1 N–H and O–H groups in total. The van der Waals surface area contributed by atoms with E-state index in [0.717, 1.165) is 19.4 Å². The van der Waals surface area contributed by atoms with E-state index in [-0.39, 0.29) is 6.61 Å². The average molecular weight is 377 g/mol. The van der Waals surface area contributed by atoms with Crippen LogP contribution in [0.4, 0.5) is 0 Å². The molecule has 0 amide bonds. The van der Waals surface area contributed by atoms with E-state index in [2.05, 4.69) is 19.1 Å². The van der Waals surface area contributed by atoms with E-state index in [1.165, 1.54) is 25.7 Å². The highest BCUT2D eigenvalue weighted by Gasteiger charge is 1.93. The lowest BCUT2D eigenvalue weighted by Gasteiger charge is -2.07. The maximum absolute atomic E-state index is 8.52. The van der Waals surface area contributed by atoms with Crippen LogP contribution in [0.15, 0.2) is 12.2 Å². The fourth-order valence-electron chi connectivity index (χ4n) is 2.07. The minimum atomic E-state index is 0.0466. The number of aliphatic hydroxyl groups excluding tert-OH is 1. The van der Waals surface area contributed by atoms with Crippen LogP contribution in [-0.4, -0.2) is 77.8 Å². The van der Waals surface area contributed by atoms with Gasteiger partial charge in [0.2, 0.25) is 0 Å². The van der Waals surface area contributed by atoms with Gasteiger partial charge < -0.3 is 28.8 Å². The zero-order chi connectivity index (χ0) is 19.0. The highest BCUT2D eigenvalue weighted by atomic mass is 16.6. The molecule has 0 aromatic carbocycles. The first-order valence-corrected chi connectivity index (χ1v) is 10.1. The van der Waals surface area contributed by atoms with Crippen molar-refractivity contribution in [1.82, 2.24) is 0 Å². The molecule has 0 bridgehead atoms. The maximum Gasteiger partial charge on any atom is 0.0701 e. The van der Waals surface area contributed by atoms with Crippen molar-refractivity contribution in [3.05, 3.63) is 12.2 Å². The van der Waals surface area contributed by atoms with Crippen molar-refractivity contribution in [3.8, 4) is 0 Å². The van der Waals surface area contributed by atoms with Crippen molar-refractivity contribution in [2.45, 2.75) is 45.4 Å². The molecule has 0 aliphatic rings. The predicted molar refractivity (Wildman–Crippen MR) is 104 cm³/mol. The van der Waals surface area contributed by atoms with E-state index >= 15 is 0 Å². The van der Waals surface area contributed by atoms with Crippen molar-refractivity contribution in [3.63, 3.8) is 0 Å². The third kappa shape index (κ3) is 23.5. The lowest BCUT2D eigenvalue weighted by molar-refractivity contribution is -0.0134. The molecule has 0 aromatic rings. The van der Waals surface area contributed by atoms with E-state index in [1.54, 1.807) is 0 Å². The summed E-state index contributed by atoms with van der Waals surface area (Å²) in [6.07, 6.45) is 11.8. The topological polar surface area (TPSA) is 66.4 Å². The summed E-state index contributed by atoms with van der Waals surface area (Å²) in [5, 5.41) is 8.52. The number of rotatable bonds is 22. The quantitative estimate of drug-likeness (QED) is 0.231. The van der Waals surface area contributed by atoms with E-state index in [9.17, 15) is 0 Å². The molecule has 6 nitrogen and oxygen atoms in total. The molecule has 0 spiro atoms. The van der Waals surface area contributed by atoms with Gasteiger partial charge in [-0.15, -0.1) is 0 Å². The summed E-state index contributed by atoms with van der Waals surface area (Å²) in [7, 11) is 0. The van der Waals surface area contributed by atoms with Crippen LogP contribution in [0.25, 0.3) is 0 Å². The normalized spacial score (nSPS) is 11.6. The van der Waals surface area contributed by atoms with Gasteiger partial charge in [-0.3, -0.25) is 0 Å². The SMILES string of the molecule is CCCC/C=C/CCCCOCCOCCOCCOCCOCCO. The van der Waals surface area contributed by atoms with Crippen LogP contribution in [0.3, 0.4) is 0 Å². The number of allylic oxidation sites excluding steroid dienone is 2. The Labute approximate surface area is 159 Å². The van der Waals surface area contributed by atoms with E-state index in [0.29, 0.717) is 59.5 Å². The zero-order valence-corrected chi connectivity index (χ0v) is 16.7. The minimum Gasteiger partial charge on any atom is -0.394 e. The number of hydrogen-bond donors (Lipinski definition) is 1. The van der Waals surface area contributed by atoms with Crippen LogP contribution < -0.4 is 0 Å². The van der Waals surface area contributed by atoms with Gasteiger partial charge in [0.25, 0.3) is 0 Å². The van der Waals surface area contributed by atoms with Gasteiger partial charge in [0, 0.05) is 6.61 Å². The molecule has 156 valence electrons. The summed E-state index contributed by atoms with van der Waals surface area (Å²) >= 11 is 0. The summed E-state index contributed by atoms with van der Waals surface area (Å²) in [6, 6.07) is 0. The third-order valence-corrected chi connectivity index (χ3v) is 3.52. The van der Waals surface area contributed by atoms with Crippen molar-refractivity contribution in [2.75, 3.05) is 72.7 Å². The number of ether oxygens (including phenoxy) is 5. The Hall–Kier alpha value is -0.500. The molecule has 6 heteroatoms. The van der Waals surface area contributed by atoms with Gasteiger partial charge in [-0.2, -0.15) is 0 Å². The molecule has 0 atom stereocenters. The van der Waals surface area contributed by atoms with E-state index < -0.39 is 0 Å². The van der Waals surface area contributed by atoms with Gasteiger partial charge in [0.1, 0.15) is 0 Å². The van der Waals surface area contributed by atoms with Gasteiger partial charge in [0.15, 0.2) is 0 Å². The zero-order valence-electron chi connectivity index (χ0n) is 16.7. The van der Waals surface area contributed by atoms with Crippen LogP contribution in [0.2, 0.25) is 0 Å². The van der Waals surface area contributed by atoms with Gasteiger partial charge >= 0.3 is 0 Å². The fraction of sp³-hybridized carbons (Fsp3) is 0.900. The maximum atomic E-state index is 8.52. The summed E-state index contributed by atoms with van der Waals surface area (Å²) in [5.41, 5.74) is 0. The van der Waals surface area contributed by atoms with E-state index in [4.69, 9.17) is 28.8 Å². The van der Waals surface area contributed by atoms with Crippen LogP contribution in [-0.2, 0) is 23.7 Å². The Balaban J connectivity index is 3.00. The highest BCUT2D eigenvalue weighted by Crippen LogP contribution is 2.00. The molecule has 0 saturated heterocycles. The lowest BCUT2D eigenvalue weighted by Crippen LogP contribution is -2.13. The van der Waals surface area contributed by atoms with Crippen molar-refractivity contribution >= 4 is 0 Å². The van der Waals surface area contributed by atoms with Gasteiger partial charge in [-0.05, 0) is 25.7 Å². The second kappa shape index (κ2) is 24.5. The summed E-state index contributed by atoms with van der Waals surface area (Å²) in [6.45, 7) is 7.93. The van der Waals surface area contributed by atoms with Crippen molar-refractivity contribution < 1.29 is 28.8 Å².